The van der Waals surface area contributed by atoms with Gasteiger partial charge in [-0.05, 0) is 0 Å². The molecule has 0 aromatic heterocycles. The van der Waals surface area contributed by atoms with Gasteiger partial charge in [0.2, 0.25) is 0 Å². The van der Waals surface area contributed by atoms with E-state index in [1.54, 1.807) is 0 Å². The zero-order valence-corrected chi connectivity index (χ0v) is 13.4. The molecule has 65 valence electrons. The maximum atomic E-state index is 4.26. The van der Waals surface area contributed by atoms with Crippen LogP contribution in [0.5, 0.6) is 0 Å². The Morgan fingerprint density at radius 3 is 1.27 bits per heavy atom. The Hall–Kier alpha value is 1.94. The van der Waals surface area contributed by atoms with Gasteiger partial charge in [0.1, 0.15) is 0 Å². The van der Waals surface area contributed by atoms with Gasteiger partial charge in [-0.15, -0.1) is 0 Å². The van der Waals surface area contributed by atoms with Crippen molar-refractivity contribution >= 4 is 49.9 Å². The first-order chi connectivity index (χ1) is 5.10. The summed E-state index contributed by atoms with van der Waals surface area (Å²) in [5.41, 5.74) is 0. The molecule has 0 saturated heterocycles. The zero-order valence-electron chi connectivity index (χ0n) is 7.79. The molecule has 0 rings (SSSR count). The van der Waals surface area contributed by atoms with Crippen molar-refractivity contribution in [3.05, 3.63) is 6.55 Å². The Bertz CT molecular complexity index is 68.6. The lowest BCUT2D eigenvalue weighted by molar-refractivity contribution is 1.19. The van der Waals surface area contributed by atoms with Crippen molar-refractivity contribution in [2.45, 2.75) is 38.9 Å². The smallest absolute Gasteiger partial charge is 0.280 e. The molecule has 0 aromatic rings. The molecule has 0 saturated carbocycles. The molecule has 1 radical (unpaired) electrons. The van der Waals surface area contributed by atoms with Crippen molar-refractivity contribution in [3.8, 4) is 0 Å². The van der Waals surface area contributed by atoms with Crippen LogP contribution in [0.3, 0.4) is 0 Å². The normalized spacial score (nSPS) is 9.64. The molecule has 0 aliphatic rings. The maximum Gasteiger partial charge on any atom is 0.560 e. The molecule has 0 spiro atoms. The van der Waals surface area contributed by atoms with Gasteiger partial charge in [0.05, 0.1) is 8.07 Å². The van der Waals surface area contributed by atoms with Crippen LogP contribution >= 0.6 is 25.8 Å². The number of rotatable bonds is 3. The third kappa shape index (κ3) is 9.86. The van der Waals surface area contributed by atoms with Crippen LogP contribution in [0.1, 0.15) is 20.8 Å². The van der Waals surface area contributed by atoms with E-state index in [-0.39, 0.29) is 16.0 Å². The average Bonchev–Trinajstić information content (AvgIpc) is 2.05. The van der Waals surface area contributed by atoms with Crippen LogP contribution in [-0.4, -0.2) is 24.1 Å². The topological polar surface area (TPSA) is 0 Å². The predicted octanol–water partition coefficient (Wildman–Crippen LogP) is 4.18. The standard InChI is InChI=1S/C7H17Si.2BrH.Mg/c1-5-8(4,6-2)7-3;;;/h4-7H2,1-3H3;2*1H;/q;;;+2/p-2. The van der Waals surface area contributed by atoms with Crippen LogP contribution in [0.15, 0.2) is 0 Å². The molecule has 0 aliphatic carbocycles. The number of hydrogen-bond acceptors (Lipinski definition) is 0. The van der Waals surface area contributed by atoms with E-state index < -0.39 is 8.07 Å². The Morgan fingerprint density at radius 1 is 1.09 bits per heavy atom. The van der Waals surface area contributed by atoms with Crippen LogP contribution in [0.4, 0.5) is 0 Å². The van der Waals surface area contributed by atoms with Gasteiger partial charge >= 0.3 is 16.0 Å². The van der Waals surface area contributed by atoms with E-state index in [1.807, 2.05) is 0 Å². The molecule has 0 aromatic carbocycles. The van der Waals surface area contributed by atoms with Crippen LogP contribution < -0.4 is 0 Å². The molecule has 0 amide bonds. The molecule has 0 nitrogen and oxygen atoms in total. The molecule has 0 N–H and O–H groups in total. The van der Waals surface area contributed by atoms with Crippen LogP contribution in [0, 0.1) is 6.55 Å². The van der Waals surface area contributed by atoms with E-state index in [2.05, 4.69) is 53.1 Å². The van der Waals surface area contributed by atoms with Gasteiger partial charge in [0, 0.05) is 0 Å². The Labute approximate surface area is 94.4 Å². The van der Waals surface area contributed by atoms with Crippen molar-refractivity contribution in [1.29, 1.82) is 0 Å². The fraction of sp³-hybridized carbons (Fsp3) is 0.857. The van der Waals surface area contributed by atoms with Crippen LogP contribution in [0.25, 0.3) is 0 Å². The molecule has 0 fully saturated rings. The van der Waals surface area contributed by atoms with Crippen LogP contribution in [-0.2, 0) is 0 Å². The minimum atomic E-state index is -0.921. The van der Waals surface area contributed by atoms with Gasteiger partial charge in [0.15, 0.2) is 0 Å². The molecule has 0 atom stereocenters. The van der Waals surface area contributed by atoms with Crippen molar-refractivity contribution in [1.82, 2.24) is 0 Å². The van der Waals surface area contributed by atoms with E-state index >= 15 is 0 Å². The predicted molar refractivity (Wildman–Crippen MR) is 66.2 cm³/mol. The molecule has 0 unspecified atom stereocenters. The minimum absolute atomic E-state index is 0.0417. The highest BCUT2D eigenvalue weighted by Crippen LogP contribution is 2.17. The minimum Gasteiger partial charge on any atom is -0.280 e. The second-order valence-electron chi connectivity index (χ2n) is 2.66. The monoisotopic (exact) mass is 311 g/mol. The fourth-order valence-electron chi connectivity index (χ4n) is 0.750. The summed E-state index contributed by atoms with van der Waals surface area (Å²) in [4.78, 5) is 0. The summed E-state index contributed by atoms with van der Waals surface area (Å²) in [5, 5.41) is 0. The van der Waals surface area contributed by atoms with Crippen molar-refractivity contribution in [3.63, 3.8) is 0 Å². The number of halogens is 2. The van der Waals surface area contributed by atoms with E-state index in [9.17, 15) is 0 Å². The lowest BCUT2D eigenvalue weighted by Crippen LogP contribution is -2.26. The average molecular weight is 313 g/mol. The summed E-state index contributed by atoms with van der Waals surface area (Å²) in [6.45, 7) is 11.1. The Balaban J connectivity index is 0. The lowest BCUT2D eigenvalue weighted by atomic mass is 10.9. The summed E-state index contributed by atoms with van der Waals surface area (Å²) in [6.07, 6.45) is 0. The van der Waals surface area contributed by atoms with E-state index in [4.69, 9.17) is 0 Å². The lowest BCUT2D eigenvalue weighted by Gasteiger charge is -2.20. The summed E-state index contributed by atoms with van der Waals surface area (Å²) in [6, 6.07) is 4.04. The molecule has 0 heterocycles. The zero-order chi connectivity index (χ0) is 9.33. The van der Waals surface area contributed by atoms with Crippen molar-refractivity contribution < 1.29 is 0 Å². The summed E-state index contributed by atoms with van der Waals surface area (Å²) in [7, 11) is -0.921. The van der Waals surface area contributed by atoms with Gasteiger partial charge in [-0.3, -0.25) is 25.8 Å². The quantitative estimate of drug-likeness (QED) is 0.686. The SMILES string of the molecule is [Br][Mg][Br].[CH2][Si](CC)(CC)CC. The molecule has 11 heavy (non-hydrogen) atoms. The van der Waals surface area contributed by atoms with Crippen molar-refractivity contribution in [2.24, 2.45) is 0 Å². The highest BCUT2D eigenvalue weighted by molar-refractivity contribution is 9.47. The highest BCUT2D eigenvalue weighted by Gasteiger charge is 2.18. The molecular formula is C7H17Br2MgSi. The Morgan fingerprint density at radius 2 is 1.27 bits per heavy atom. The molecule has 0 aliphatic heterocycles. The van der Waals surface area contributed by atoms with Gasteiger partial charge in [-0.25, -0.2) is 0 Å². The fourth-order valence-corrected chi connectivity index (χ4v) is 2.25. The van der Waals surface area contributed by atoms with Crippen molar-refractivity contribution in [2.75, 3.05) is 0 Å². The second-order valence-corrected chi connectivity index (χ2v) is 15.9. The van der Waals surface area contributed by atoms with Gasteiger partial charge in [-0.1, -0.05) is 45.5 Å². The van der Waals surface area contributed by atoms with Gasteiger partial charge in [-0.2, -0.15) is 0 Å². The number of hydrogen-bond donors (Lipinski definition) is 0. The third-order valence-electron chi connectivity index (χ3n) is 2.25. The summed E-state index contributed by atoms with van der Waals surface area (Å²) >= 11 is 6.44. The van der Waals surface area contributed by atoms with E-state index in [0.29, 0.717) is 0 Å². The first-order valence-electron chi connectivity index (χ1n) is 4.07. The van der Waals surface area contributed by atoms with Gasteiger partial charge < -0.3 is 0 Å². The molecule has 0 bridgehead atoms. The first-order valence-corrected chi connectivity index (χ1v) is 14.7. The summed E-state index contributed by atoms with van der Waals surface area (Å²) in [5.74, 6) is 0. The Kier molecular flexibility index (Phi) is 14.1. The van der Waals surface area contributed by atoms with Gasteiger partial charge in [0.25, 0.3) is 0 Å². The maximum absolute atomic E-state index is 4.26. The highest BCUT2D eigenvalue weighted by atomic mass is 79.9. The third-order valence-corrected chi connectivity index (χ3v) is 6.75. The second kappa shape index (κ2) is 10.0. The largest absolute Gasteiger partial charge is 0.560 e. The first kappa shape index (κ1) is 15.4. The van der Waals surface area contributed by atoms with E-state index in [0.717, 1.165) is 0 Å². The molecular weight excluding hydrogens is 296 g/mol. The van der Waals surface area contributed by atoms with Crippen LogP contribution in [0.2, 0.25) is 18.1 Å². The summed E-state index contributed by atoms with van der Waals surface area (Å²) < 4.78 is 0. The molecule has 4 heteroatoms. The van der Waals surface area contributed by atoms with E-state index in [1.165, 1.54) is 18.1 Å².